The quantitative estimate of drug-likeness (QED) is 0.762. The zero-order valence-corrected chi connectivity index (χ0v) is 15.9. The Morgan fingerprint density at radius 1 is 1.12 bits per heavy atom. The van der Waals surface area contributed by atoms with Crippen LogP contribution in [-0.2, 0) is 17.8 Å². The van der Waals surface area contributed by atoms with Crippen LogP contribution in [0.1, 0.15) is 36.1 Å². The second kappa shape index (κ2) is 8.37. The molecular weight excluding hydrogens is 324 g/mol. The van der Waals surface area contributed by atoms with Crippen molar-refractivity contribution in [3.63, 3.8) is 0 Å². The fraction of sp³-hybridized carbons (Fsp3) is 0.409. The van der Waals surface area contributed by atoms with Gasteiger partial charge >= 0.3 is 0 Å². The fourth-order valence-corrected chi connectivity index (χ4v) is 3.66. The lowest BCUT2D eigenvalue weighted by Gasteiger charge is -2.27. The topological polar surface area (TPSA) is 32.8 Å². The summed E-state index contributed by atoms with van der Waals surface area (Å²) in [4.78, 5) is 16.6. The van der Waals surface area contributed by atoms with Gasteiger partial charge in [0.05, 0.1) is 13.2 Å². The minimum absolute atomic E-state index is 0.144. The third-order valence-electron chi connectivity index (χ3n) is 5.10. The number of ether oxygens (including phenoxy) is 1. The van der Waals surface area contributed by atoms with E-state index >= 15 is 0 Å². The lowest BCUT2D eigenvalue weighted by atomic mass is 10.1. The maximum absolute atomic E-state index is 12.7. The van der Waals surface area contributed by atoms with Crippen molar-refractivity contribution in [3.05, 3.63) is 65.2 Å². The zero-order chi connectivity index (χ0) is 18.5. The lowest BCUT2D eigenvalue weighted by Crippen LogP contribution is -2.37. The molecule has 1 aliphatic carbocycles. The van der Waals surface area contributed by atoms with Crippen molar-refractivity contribution >= 4 is 5.91 Å². The van der Waals surface area contributed by atoms with E-state index in [4.69, 9.17) is 4.74 Å². The molecule has 0 fully saturated rings. The zero-order valence-electron chi connectivity index (χ0n) is 15.9. The first-order valence-corrected chi connectivity index (χ1v) is 9.32. The van der Waals surface area contributed by atoms with Gasteiger partial charge in [-0.25, -0.2) is 0 Å². The number of hydrogen-bond acceptors (Lipinski definition) is 3. The molecule has 138 valence electrons. The summed E-state index contributed by atoms with van der Waals surface area (Å²) in [6, 6.07) is 16.9. The molecule has 0 bridgehead atoms. The summed E-state index contributed by atoms with van der Waals surface area (Å²) in [6.45, 7) is 3.68. The molecule has 2 aromatic carbocycles. The molecule has 4 heteroatoms. The van der Waals surface area contributed by atoms with Crippen LogP contribution < -0.4 is 4.74 Å². The Morgan fingerprint density at radius 2 is 1.85 bits per heavy atom. The number of amides is 1. The Kier molecular flexibility index (Phi) is 5.94. The summed E-state index contributed by atoms with van der Waals surface area (Å²) >= 11 is 0. The second-order valence-corrected chi connectivity index (χ2v) is 7.00. The molecule has 1 unspecified atom stereocenters. The lowest BCUT2D eigenvalue weighted by molar-refractivity contribution is -0.131. The third kappa shape index (κ3) is 4.25. The average molecular weight is 352 g/mol. The van der Waals surface area contributed by atoms with Crippen LogP contribution in [0.15, 0.2) is 48.5 Å². The average Bonchev–Trinajstić information content (AvgIpc) is 3.07. The Balaban J connectivity index is 1.55. The number of rotatable bonds is 7. The van der Waals surface area contributed by atoms with Gasteiger partial charge in [-0.2, -0.15) is 0 Å². The Bertz CT molecular complexity index is 742. The molecule has 1 atom stereocenters. The molecular formula is C22H28N2O2. The van der Waals surface area contributed by atoms with Crippen molar-refractivity contribution in [2.75, 3.05) is 27.2 Å². The highest BCUT2D eigenvalue weighted by Crippen LogP contribution is 2.34. The first-order valence-electron chi connectivity index (χ1n) is 9.32. The van der Waals surface area contributed by atoms with Gasteiger partial charge in [-0.05, 0) is 55.6 Å². The van der Waals surface area contributed by atoms with Gasteiger partial charge in [0.15, 0.2) is 0 Å². The van der Waals surface area contributed by atoms with Gasteiger partial charge in [-0.3, -0.25) is 9.69 Å². The summed E-state index contributed by atoms with van der Waals surface area (Å²) < 4.78 is 5.46. The fourth-order valence-electron chi connectivity index (χ4n) is 3.66. The highest BCUT2D eigenvalue weighted by atomic mass is 16.5. The maximum Gasteiger partial charge on any atom is 0.236 e. The summed E-state index contributed by atoms with van der Waals surface area (Å²) in [6.07, 6.45) is 2.19. The monoisotopic (exact) mass is 352 g/mol. The van der Waals surface area contributed by atoms with E-state index in [9.17, 15) is 4.79 Å². The van der Waals surface area contributed by atoms with Gasteiger partial charge in [0.25, 0.3) is 0 Å². The number of aryl methyl sites for hydroxylation is 1. The summed E-state index contributed by atoms with van der Waals surface area (Å²) in [7, 11) is 3.92. The van der Waals surface area contributed by atoms with Gasteiger partial charge in [0.2, 0.25) is 5.91 Å². The molecule has 26 heavy (non-hydrogen) atoms. The van der Waals surface area contributed by atoms with Gasteiger partial charge in [-0.15, -0.1) is 0 Å². The highest BCUT2D eigenvalue weighted by Gasteiger charge is 2.27. The van der Waals surface area contributed by atoms with E-state index < -0.39 is 0 Å². The van der Waals surface area contributed by atoms with Crippen LogP contribution >= 0.6 is 0 Å². The molecule has 2 aromatic rings. The molecule has 0 radical (unpaired) electrons. The molecule has 1 aliphatic rings. The highest BCUT2D eigenvalue weighted by molar-refractivity contribution is 5.78. The first kappa shape index (κ1) is 18.5. The number of nitrogens with zero attached hydrogens (tertiary/aromatic N) is 2. The van der Waals surface area contributed by atoms with Crippen molar-refractivity contribution in [2.24, 2.45) is 0 Å². The minimum atomic E-state index is 0.144. The van der Waals surface area contributed by atoms with E-state index in [2.05, 4.69) is 36.2 Å². The summed E-state index contributed by atoms with van der Waals surface area (Å²) in [5, 5.41) is 0. The van der Waals surface area contributed by atoms with Crippen LogP contribution in [0.5, 0.6) is 5.75 Å². The van der Waals surface area contributed by atoms with Crippen LogP contribution in [-0.4, -0.2) is 43.0 Å². The second-order valence-electron chi connectivity index (χ2n) is 7.00. The SMILES string of the molecule is CCOc1ccc(CN(C)C(=O)CN(C)C2CCc3ccccc32)cc1. The van der Waals surface area contributed by atoms with E-state index in [1.165, 1.54) is 11.1 Å². The van der Waals surface area contributed by atoms with Crippen molar-refractivity contribution in [1.82, 2.24) is 9.80 Å². The number of benzene rings is 2. The van der Waals surface area contributed by atoms with Crippen LogP contribution in [0.25, 0.3) is 0 Å². The number of carbonyl (C=O) groups excluding carboxylic acids is 1. The van der Waals surface area contributed by atoms with Crippen molar-refractivity contribution in [1.29, 1.82) is 0 Å². The van der Waals surface area contributed by atoms with E-state index in [-0.39, 0.29) is 5.91 Å². The first-order chi connectivity index (χ1) is 12.6. The molecule has 0 saturated carbocycles. The third-order valence-corrected chi connectivity index (χ3v) is 5.10. The van der Waals surface area contributed by atoms with E-state index in [0.717, 1.165) is 24.2 Å². The molecule has 1 amide bonds. The van der Waals surface area contributed by atoms with E-state index in [0.29, 0.717) is 25.7 Å². The molecule has 3 rings (SSSR count). The van der Waals surface area contributed by atoms with Crippen LogP contribution in [0.3, 0.4) is 0 Å². The Morgan fingerprint density at radius 3 is 2.58 bits per heavy atom. The summed E-state index contributed by atoms with van der Waals surface area (Å²) in [5.41, 5.74) is 3.90. The molecule has 0 spiro atoms. The Labute approximate surface area is 156 Å². The number of likely N-dealkylation sites (N-methyl/N-ethyl adjacent to an activating group) is 2. The molecule has 4 nitrogen and oxygen atoms in total. The minimum Gasteiger partial charge on any atom is -0.494 e. The largest absolute Gasteiger partial charge is 0.494 e. The normalized spacial score (nSPS) is 15.8. The van der Waals surface area contributed by atoms with Gasteiger partial charge in [0, 0.05) is 19.6 Å². The predicted octanol–water partition coefficient (Wildman–Crippen LogP) is 3.66. The van der Waals surface area contributed by atoms with Crippen LogP contribution in [0.4, 0.5) is 0 Å². The maximum atomic E-state index is 12.7. The molecule has 0 heterocycles. The van der Waals surface area contributed by atoms with Gasteiger partial charge < -0.3 is 9.64 Å². The molecule has 0 saturated heterocycles. The number of hydrogen-bond donors (Lipinski definition) is 0. The van der Waals surface area contributed by atoms with E-state index in [1.54, 1.807) is 4.90 Å². The molecule has 0 N–H and O–H groups in total. The smallest absolute Gasteiger partial charge is 0.236 e. The standard InChI is InChI=1S/C22H28N2O2/c1-4-26-19-12-9-17(10-13-19)15-24(3)22(25)16-23(2)21-14-11-18-7-5-6-8-20(18)21/h5-10,12-13,21H,4,11,14-16H2,1-3H3. The van der Waals surface area contributed by atoms with Crippen LogP contribution in [0, 0.1) is 0 Å². The predicted molar refractivity (Wildman–Crippen MR) is 104 cm³/mol. The molecule has 0 aliphatic heterocycles. The van der Waals surface area contributed by atoms with Crippen molar-refractivity contribution < 1.29 is 9.53 Å². The summed E-state index contributed by atoms with van der Waals surface area (Å²) in [5.74, 6) is 1.01. The number of carbonyl (C=O) groups is 1. The number of fused-ring (bicyclic) bond motifs is 1. The van der Waals surface area contributed by atoms with Crippen molar-refractivity contribution in [3.8, 4) is 5.75 Å². The molecule has 0 aromatic heterocycles. The van der Waals surface area contributed by atoms with Gasteiger partial charge in [0.1, 0.15) is 5.75 Å². The van der Waals surface area contributed by atoms with Crippen molar-refractivity contribution in [2.45, 2.75) is 32.4 Å². The van der Waals surface area contributed by atoms with Gasteiger partial charge in [-0.1, -0.05) is 36.4 Å². The Hall–Kier alpha value is -2.33. The van der Waals surface area contributed by atoms with E-state index in [1.807, 2.05) is 38.2 Å². The van der Waals surface area contributed by atoms with Crippen LogP contribution in [0.2, 0.25) is 0 Å².